The zero-order valence-corrected chi connectivity index (χ0v) is 18.3. The lowest BCUT2D eigenvalue weighted by Crippen LogP contribution is -2.58. The van der Waals surface area contributed by atoms with Crippen LogP contribution in [0.1, 0.15) is 17.8 Å². The number of aromatic nitrogens is 4. The number of nitrogens with one attached hydrogen (secondary N) is 5. The predicted molar refractivity (Wildman–Crippen MR) is 115 cm³/mol. The van der Waals surface area contributed by atoms with Gasteiger partial charge in [0.15, 0.2) is 0 Å². The fourth-order valence-corrected chi connectivity index (χ4v) is 2.94. The number of hydrogen-bond acceptors (Lipinski definition) is 9. The van der Waals surface area contributed by atoms with Crippen molar-refractivity contribution in [3.63, 3.8) is 0 Å². The fourth-order valence-electron chi connectivity index (χ4n) is 2.94. The Kier molecular flexibility index (Phi) is 9.85. The number of carbonyl (C=O) groups excluding carboxylic acids is 3. The number of nitrogens with zero attached hydrogens (tertiary/aromatic N) is 2. The monoisotopic (exact) mass is 494 g/mol. The minimum absolute atomic E-state index is 0.0785. The third-order valence-electron chi connectivity index (χ3n) is 4.75. The molecule has 3 amide bonds. The van der Waals surface area contributed by atoms with Gasteiger partial charge in [0.05, 0.1) is 31.7 Å². The molecule has 10 N–H and O–H groups in total. The molecule has 0 aliphatic heterocycles. The maximum atomic E-state index is 12.9. The molecule has 2 rings (SSSR count). The number of nitrogens with two attached hydrogens (primary N) is 1. The largest absolute Gasteiger partial charge is 0.481 e. The van der Waals surface area contributed by atoms with E-state index in [9.17, 15) is 29.1 Å². The summed E-state index contributed by atoms with van der Waals surface area (Å²) in [6, 6.07) is -5.71. The number of amides is 3. The van der Waals surface area contributed by atoms with Crippen molar-refractivity contribution in [2.24, 2.45) is 5.73 Å². The molecule has 0 saturated carbocycles. The highest BCUT2D eigenvalue weighted by Gasteiger charge is 2.31. The normalized spacial score (nSPS) is 14.2. The summed E-state index contributed by atoms with van der Waals surface area (Å²) in [5, 5.41) is 34.1. The van der Waals surface area contributed by atoms with Crippen molar-refractivity contribution < 1.29 is 39.3 Å². The van der Waals surface area contributed by atoms with Gasteiger partial charge in [-0.3, -0.25) is 19.2 Å². The van der Waals surface area contributed by atoms with Crippen molar-refractivity contribution in [3.8, 4) is 0 Å². The van der Waals surface area contributed by atoms with E-state index in [-0.39, 0.29) is 12.8 Å². The van der Waals surface area contributed by atoms with Crippen LogP contribution in [0.4, 0.5) is 0 Å². The molecule has 2 heterocycles. The highest BCUT2D eigenvalue weighted by atomic mass is 16.4. The van der Waals surface area contributed by atoms with Gasteiger partial charge >= 0.3 is 11.9 Å². The zero-order valence-electron chi connectivity index (χ0n) is 18.3. The summed E-state index contributed by atoms with van der Waals surface area (Å²) in [7, 11) is 0. The SMILES string of the molecule is NC(Cc1cnc[nH]1)C(=O)NC(Cc1cnc[nH]1)C(=O)NC(CO)C(=O)NC(CC(=O)O)C(=O)O. The summed E-state index contributed by atoms with van der Waals surface area (Å²) in [4.78, 5) is 73.1. The predicted octanol–water partition coefficient (Wildman–Crippen LogP) is -3.75. The standard InChI is InChI=1S/C19H26N8O8/c20-11(1-9-4-21-7-23-9)16(31)25-12(2-10-5-22-8-24-10)17(32)27-14(6-28)18(33)26-13(19(34)35)3-15(29)30/h4-5,7-8,11-14,28H,1-3,6,20H2,(H,21,23)(H,22,24)(H,25,31)(H,26,33)(H,27,32)(H,29,30)(H,34,35). The number of aliphatic hydroxyl groups excluding tert-OH is 1. The first kappa shape index (κ1) is 26.9. The molecule has 16 heteroatoms. The molecule has 0 saturated heterocycles. The topological polar surface area (TPSA) is 266 Å². The summed E-state index contributed by atoms with van der Waals surface area (Å²) >= 11 is 0. The van der Waals surface area contributed by atoms with Crippen LogP contribution in [0.2, 0.25) is 0 Å². The Morgan fingerprint density at radius 2 is 1.34 bits per heavy atom. The second-order valence-corrected chi connectivity index (χ2v) is 7.47. The molecule has 2 aromatic heterocycles. The van der Waals surface area contributed by atoms with Crippen LogP contribution >= 0.6 is 0 Å². The molecular weight excluding hydrogens is 468 g/mol. The van der Waals surface area contributed by atoms with Crippen molar-refractivity contribution in [1.29, 1.82) is 0 Å². The molecule has 16 nitrogen and oxygen atoms in total. The van der Waals surface area contributed by atoms with E-state index in [0.717, 1.165) is 0 Å². The first-order chi connectivity index (χ1) is 16.6. The molecular formula is C19H26N8O8. The molecule has 4 unspecified atom stereocenters. The molecule has 2 aromatic rings. The zero-order chi connectivity index (χ0) is 26.0. The second kappa shape index (κ2) is 12.8. The number of carbonyl (C=O) groups is 5. The smallest absolute Gasteiger partial charge is 0.326 e. The number of carboxylic acid groups (broad SMARTS) is 2. The van der Waals surface area contributed by atoms with Gasteiger partial charge in [0.2, 0.25) is 17.7 Å². The second-order valence-electron chi connectivity index (χ2n) is 7.47. The summed E-state index contributed by atoms with van der Waals surface area (Å²) in [6.07, 6.45) is 4.78. The quantitative estimate of drug-likeness (QED) is 0.123. The third kappa shape index (κ3) is 8.52. The van der Waals surface area contributed by atoms with Gasteiger partial charge in [-0.2, -0.15) is 0 Å². The first-order valence-electron chi connectivity index (χ1n) is 10.3. The van der Waals surface area contributed by atoms with Gasteiger partial charge < -0.3 is 47.0 Å². The van der Waals surface area contributed by atoms with Crippen LogP contribution in [0.25, 0.3) is 0 Å². The minimum atomic E-state index is -1.79. The highest BCUT2D eigenvalue weighted by Crippen LogP contribution is 2.03. The van der Waals surface area contributed by atoms with Crippen molar-refractivity contribution in [3.05, 3.63) is 36.4 Å². The lowest BCUT2D eigenvalue weighted by Gasteiger charge is -2.24. The molecule has 0 aliphatic carbocycles. The van der Waals surface area contributed by atoms with Crippen LogP contribution in [0.15, 0.2) is 25.0 Å². The number of aliphatic hydroxyl groups is 1. The first-order valence-corrected chi connectivity index (χ1v) is 10.3. The van der Waals surface area contributed by atoms with Gasteiger partial charge in [-0.1, -0.05) is 0 Å². The van der Waals surface area contributed by atoms with Crippen molar-refractivity contribution >= 4 is 29.7 Å². The Balaban J connectivity index is 2.09. The number of hydrogen-bond donors (Lipinski definition) is 9. The number of imidazole rings is 2. The Bertz CT molecular complexity index is 1010. The molecule has 0 spiro atoms. The molecule has 0 radical (unpaired) electrons. The Morgan fingerprint density at radius 1 is 0.829 bits per heavy atom. The highest BCUT2D eigenvalue weighted by molar-refractivity contribution is 5.94. The number of aromatic amines is 2. The summed E-state index contributed by atoms with van der Waals surface area (Å²) in [5.74, 6) is -5.79. The minimum Gasteiger partial charge on any atom is -0.481 e. The summed E-state index contributed by atoms with van der Waals surface area (Å²) < 4.78 is 0. The fraction of sp³-hybridized carbons (Fsp3) is 0.421. The van der Waals surface area contributed by atoms with E-state index in [2.05, 4.69) is 30.6 Å². The number of H-pyrrole nitrogens is 2. The maximum Gasteiger partial charge on any atom is 0.326 e. The summed E-state index contributed by atoms with van der Waals surface area (Å²) in [6.45, 7) is -0.930. The van der Waals surface area contributed by atoms with Crippen LogP contribution in [-0.2, 0) is 36.8 Å². The molecule has 4 atom stereocenters. The summed E-state index contributed by atoms with van der Waals surface area (Å²) in [5.41, 5.74) is 6.96. The number of carboxylic acids is 2. The van der Waals surface area contributed by atoms with Gasteiger partial charge in [0.1, 0.15) is 18.1 Å². The van der Waals surface area contributed by atoms with Crippen molar-refractivity contribution in [1.82, 2.24) is 35.9 Å². The molecule has 0 fully saturated rings. The Hall–Kier alpha value is -4.31. The van der Waals surface area contributed by atoms with Crippen LogP contribution in [-0.4, -0.2) is 95.7 Å². The van der Waals surface area contributed by atoms with E-state index in [1.807, 2.05) is 5.32 Å². The average molecular weight is 494 g/mol. The van der Waals surface area contributed by atoms with Gasteiger partial charge in [-0.25, -0.2) is 14.8 Å². The molecule has 0 bridgehead atoms. The van der Waals surface area contributed by atoms with E-state index >= 15 is 0 Å². The van der Waals surface area contributed by atoms with E-state index < -0.39 is 66.9 Å². The molecule has 190 valence electrons. The van der Waals surface area contributed by atoms with Crippen molar-refractivity contribution in [2.45, 2.75) is 43.4 Å². The number of rotatable bonds is 14. The van der Waals surface area contributed by atoms with Crippen LogP contribution in [0.5, 0.6) is 0 Å². The van der Waals surface area contributed by atoms with E-state index in [1.165, 1.54) is 25.0 Å². The van der Waals surface area contributed by atoms with Gasteiger partial charge in [0.25, 0.3) is 0 Å². The lowest BCUT2D eigenvalue weighted by molar-refractivity contribution is -0.147. The van der Waals surface area contributed by atoms with E-state index in [0.29, 0.717) is 11.4 Å². The average Bonchev–Trinajstić information content (AvgIpc) is 3.50. The molecule has 0 aromatic carbocycles. The van der Waals surface area contributed by atoms with E-state index in [1.54, 1.807) is 0 Å². The molecule has 35 heavy (non-hydrogen) atoms. The van der Waals surface area contributed by atoms with E-state index in [4.69, 9.17) is 15.9 Å². The Labute approximate surface area is 197 Å². The van der Waals surface area contributed by atoms with Crippen molar-refractivity contribution in [2.75, 3.05) is 6.61 Å². The maximum absolute atomic E-state index is 12.9. The van der Waals surface area contributed by atoms with Crippen LogP contribution in [0, 0.1) is 0 Å². The van der Waals surface area contributed by atoms with Gasteiger partial charge in [-0.05, 0) is 0 Å². The Morgan fingerprint density at radius 3 is 1.83 bits per heavy atom. The van der Waals surface area contributed by atoms with Crippen LogP contribution < -0.4 is 21.7 Å². The third-order valence-corrected chi connectivity index (χ3v) is 4.75. The van der Waals surface area contributed by atoms with Gasteiger partial charge in [0, 0.05) is 36.6 Å². The molecule has 0 aliphatic rings. The lowest BCUT2D eigenvalue weighted by atomic mass is 10.1. The number of aliphatic carboxylic acids is 2. The van der Waals surface area contributed by atoms with Crippen LogP contribution in [0.3, 0.4) is 0 Å². The van der Waals surface area contributed by atoms with Gasteiger partial charge in [-0.15, -0.1) is 0 Å².